The molecule has 2 nitrogen and oxygen atoms in total. The maximum Gasteiger partial charge on any atom is 0.0920 e. The van der Waals surface area contributed by atoms with Crippen LogP contribution < -0.4 is 0 Å². The van der Waals surface area contributed by atoms with Crippen LogP contribution in [0.5, 0.6) is 0 Å². The number of ether oxygens (including phenoxy) is 2. The standard InChI is InChI=1S/C13H24O2/c1-9(2)8-14-10(3)11-5-6-13(4)12(7-11)15-13/h9-12H,5-8H2,1-4H3. The molecule has 0 aromatic heterocycles. The molecule has 0 N–H and O–H groups in total. The number of rotatable bonds is 4. The molecular formula is C13H24O2. The SMILES string of the molecule is CC(C)COC(C)C1CCC2(C)OC2C1. The zero-order valence-electron chi connectivity index (χ0n) is 10.5. The highest BCUT2D eigenvalue weighted by Gasteiger charge is 2.55. The summed E-state index contributed by atoms with van der Waals surface area (Å²) in [6.07, 6.45) is 4.63. The molecule has 88 valence electrons. The van der Waals surface area contributed by atoms with Crippen molar-refractivity contribution >= 4 is 0 Å². The van der Waals surface area contributed by atoms with Crippen molar-refractivity contribution in [2.45, 2.75) is 64.8 Å². The molecule has 15 heavy (non-hydrogen) atoms. The van der Waals surface area contributed by atoms with Crippen molar-refractivity contribution in [3.63, 3.8) is 0 Å². The first kappa shape index (κ1) is 11.4. The number of hydrogen-bond donors (Lipinski definition) is 0. The van der Waals surface area contributed by atoms with Gasteiger partial charge >= 0.3 is 0 Å². The Hall–Kier alpha value is -0.0800. The lowest BCUT2D eigenvalue weighted by Crippen LogP contribution is -2.30. The highest BCUT2D eigenvalue weighted by atomic mass is 16.6. The van der Waals surface area contributed by atoms with E-state index in [1.54, 1.807) is 0 Å². The summed E-state index contributed by atoms with van der Waals surface area (Å²) in [6, 6.07) is 0. The van der Waals surface area contributed by atoms with Gasteiger partial charge in [-0.2, -0.15) is 0 Å². The first-order valence-corrected chi connectivity index (χ1v) is 6.30. The predicted octanol–water partition coefficient (Wildman–Crippen LogP) is 3.01. The van der Waals surface area contributed by atoms with Crippen LogP contribution in [-0.4, -0.2) is 24.4 Å². The van der Waals surface area contributed by atoms with Crippen LogP contribution in [-0.2, 0) is 9.47 Å². The summed E-state index contributed by atoms with van der Waals surface area (Å²) in [4.78, 5) is 0. The van der Waals surface area contributed by atoms with Crippen molar-refractivity contribution in [2.75, 3.05) is 6.61 Å². The molecule has 4 unspecified atom stereocenters. The van der Waals surface area contributed by atoms with Crippen LogP contribution >= 0.6 is 0 Å². The van der Waals surface area contributed by atoms with Crippen LogP contribution in [0.15, 0.2) is 0 Å². The lowest BCUT2D eigenvalue weighted by atomic mass is 9.80. The van der Waals surface area contributed by atoms with E-state index in [4.69, 9.17) is 9.47 Å². The molecule has 2 rings (SSSR count). The van der Waals surface area contributed by atoms with Crippen LogP contribution in [0, 0.1) is 11.8 Å². The molecule has 1 saturated carbocycles. The highest BCUT2D eigenvalue weighted by Crippen LogP contribution is 2.50. The summed E-state index contributed by atoms with van der Waals surface area (Å²) in [5.41, 5.74) is 0.244. The van der Waals surface area contributed by atoms with Gasteiger partial charge in [0.1, 0.15) is 0 Å². The Morgan fingerprint density at radius 2 is 2.13 bits per heavy atom. The van der Waals surface area contributed by atoms with Gasteiger partial charge < -0.3 is 9.47 Å². The average Bonchev–Trinajstić information content (AvgIpc) is 2.84. The van der Waals surface area contributed by atoms with Crippen LogP contribution in [0.25, 0.3) is 0 Å². The quantitative estimate of drug-likeness (QED) is 0.668. The molecule has 0 radical (unpaired) electrons. The van der Waals surface area contributed by atoms with E-state index in [9.17, 15) is 0 Å². The molecule has 1 aliphatic heterocycles. The van der Waals surface area contributed by atoms with E-state index >= 15 is 0 Å². The van der Waals surface area contributed by atoms with Crippen LogP contribution in [0.2, 0.25) is 0 Å². The summed E-state index contributed by atoms with van der Waals surface area (Å²) in [6.45, 7) is 9.76. The van der Waals surface area contributed by atoms with Crippen molar-refractivity contribution in [3.05, 3.63) is 0 Å². The minimum Gasteiger partial charge on any atom is -0.378 e. The van der Waals surface area contributed by atoms with Crippen molar-refractivity contribution in [3.8, 4) is 0 Å². The monoisotopic (exact) mass is 212 g/mol. The molecule has 2 aliphatic rings. The van der Waals surface area contributed by atoms with Gasteiger partial charge in [-0.3, -0.25) is 0 Å². The highest BCUT2D eigenvalue weighted by molar-refractivity contribution is 5.04. The minimum absolute atomic E-state index is 0.244. The lowest BCUT2D eigenvalue weighted by molar-refractivity contribution is 0.000433. The fraction of sp³-hybridized carbons (Fsp3) is 1.00. The van der Waals surface area contributed by atoms with Gasteiger partial charge in [-0.05, 0) is 44.9 Å². The second kappa shape index (κ2) is 4.06. The molecular weight excluding hydrogens is 188 g/mol. The summed E-state index contributed by atoms with van der Waals surface area (Å²) < 4.78 is 11.6. The Balaban J connectivity index is 1.75. The van der Waals surface area contributed by atoms with Gasteiger partial charge in [0.25, 0.3) is 0 Å². The average molecular weight is 212 g/mol. The van der Waals surface area contributed by atoms with Crippen LogP contribution in [0.1, 0.15) is 47.0 Å². The molecule has 2 fully saturated rings. The summed E-state index contributed by atoms with van der Waals surface area (Å²) in [5, 5.41) is 0. The zero-order valence-corrected chi connectivity index (χ0v) is 10.5. The third-order valence-electron chi connectivity index (χ3n) is 3.92. The molecule has 0 spiro atoms. The van der Waals surface area contributed by atoms with E-state index in [0.717, 1.165) is 6.61 Å². The van der Waals surface area contributed by atoms with E-state index in [2.05, 4.69) is 27.7 Å². The van der Waals surface area contributed by atoms with Gasteiger partial charge in [-0.15, -0.1) is 0 Å². The number of epoxide rings is 1. The van der Waals surface area contributed by atoms with Gasteiger partial charge in [0.2, 0.25) is 0 Å². The Kier molecular flexibility index (Phi) is 3.09. The normalized spacial score (nSPS) is 41.4. The lowest BCUT2D eigenvalue weighted by Gasteiger charge is -2.28. The summed E-state index contributed by atoms with van der Waals surface area (Å²) in [5.74, 6) is 1.35. The van der Waals surface area contributed by atoms with E-state index in [1.807, 2.05) is 0 Å². The van der Waals surface area contributed by atoms with E-state index in [0.29, 0.717) is 24.0 Å². The van der Waals surface area contributed by atoms with E-state index in [1.165, 1.54) is 19.3 Å². The molecule has 1 saturated heterocycles. The van der Waals surface area contributed by atoms with Crippen molar-refractivity contribution in [1.82, 2.24) is 0 Å². The Labute approximate surface area is 93.3 Å². The van der Waals surface area contributed by atoms with E-state index < -0.39 is 0 Å². The maximum absolute atomic E-state index is 5.89. The first-order chi connectivity index (χ1) is 7.01. The fourth-order valence-electron chi connectivity index (χ4n) is 2.58. The molecule has 1 aliphatic carbocycles. The van der Waals surface area contributed by atoms with Gasteiger partial charge in [0, 0.05) is 6.61 Å². The Morgan fingerprint density at radius 1 is 1.40 bits per heavy atom. The van der Waals surface area contributed by atoms with Gasteiger partial charge in [0.05, 0.1) is 17.8 Å². The molecule has 0 amide bonds. The van der Waals surface area contributed by atoms with Gasteiger partial charge in [-0.25, -0.2) is 0 Å². The topological polar surface area (TPSA) is 21.8 Å². The molecule has 0 bridgehead atoms. The first-order valence-electron chi connectivity index (χ1n) is 6.30. The third-order valence-corrected chi connectivity index (χ3v) is 3.92. The smallest absolute Gasteiger partial charge is 0.0920 e. The fourth-order valence-corrected chi connectivity index (χ4v) is 2.58. The summed E-state index contributed by atoms with van der Waals surface area (Å²) >= 11 is 0. The summed E-state index contributed by atoms with van der Waals surface area (Å²) in [7, 11) is 0. The molecule has 1 heterocycles. The largest absolute Gasteiger partial charge is 0.378 e. The van der Waals surface area contributed by atoms with Crippen LogP contribution in [0.3, 0.4) is 0 Å². The number of hydrogen-bond acceptors (Lipinski definition) is 2. The second-order valence-electron chi connectivity index (χ2n) is 5.89. The molecule has 4 atom stereocenters. The predicted molar refractivity (Wildman–Crippen MR) is 60.9 cm³/mol. The van der Waals surface area contributed by atoms with Gasteiger partial charge in [0.15, 0.2) is 0 Å². The maximum atomic E-state index is 5.89. The minimum atomic E-state index is 0.244. The van der Waals surface area contributed by atoms with Crippen molar-refractivity contribution in [2.24, 2.45) is 11.8 Å². The Morgan fingerprint density at radius 3 is 2.73 bits per heavy atom. The Bertz CT molecular complexity index is 227. The molecule has 2 heteroatoms. The zero-order chi connectivity index (χ0) is 11.1. The number of fused-ring (bicyclic) bond motifs is 1. The molecule has 0 aromatic rings. The second-order valence-corrected chi connectivity index (χ2v) is 5.89. The third kappa shape index (κ3) is 2.54. The molecule has 0 aromatic carbocycles. The van der Waals surface area contributed by atoms with Crippen molar-refractivity contribution in [1.29, 1.82) is 0 Å². The van der Waals surface area contributed by atoms with E-state index in [-0.39, 0.29) is 5.60 Å². The van der Waals surface area contributed by atoms with Crippen LogP contribution in [0.4, 0.5) is 0 Å². The van der Waals surface area contributed by atoms with Crippen molar-refractivity contribution < 1.29 is 9.47 Å². The van der Waals surface area contributed by atoms with Gasteiger partial charge in [-0.1, -0.05) is 13.8 Å².